The molecule has 0 atom stereocenters. The molecule has 7 heteroatoms. The molecular weight excluding hydrogens is 430 g/mol. The van der Waals surface area contributed by atoms with Gasteiger partial charge in [0.15, 0.2) is 5.76 Å². The molecule has 0 spiro atoms. The number of nitrogens with one attached hydrogen (secondary N) is 1. The van der Waals surface area contributed by atoms with Crippen molar-refractivity contribution < 1.29 is 9.32 Å². The Bertz CT molecular complexity index is 1160. The minimum absolute atomic E-state index is 0.184. The van der Waals surface area contributed by atoms with Gasteiger partial charge in [0.05, 0.1) is 15.8 Å². The number of nitrogens with zero attached hydrogens (tertiary/aromatic N) is 2. The number of carbonyl (C=O) groups excluding carboxylic acids is 1. The number of aromatic nitrogens is 1. The zero-order valence-electron chi connectivity index (χ0n) is 17.3. The van der Waals surface area contributed by atoms with Crippen molar-refractivity contribution >= 4 is 28.8 Å². The van der Waals surface area contributed by atoms with E-state index in [0.717, 1.165) is 23.4 Å². The summed E-state index contributed by atoms with van der Waals surface area (Å²) in [5.41, 5.74) is 5.29. The Morgan fingerprint density at radius 2 is 1.65 bits per heavy atom. The van der Waals surface area contributed by atoms with Gasteiger partial charge in [-0.1, -0.05) is 65.3 Å². The van der Waals surface area contributed by atoms with E-state index < -0.39 is 0 Å². The molecule has 0 aliphatic rings. The summed E-state index contributed by atoms with van der Waals surface area (Å²) in [6.07, 6.45) is 0. The fourth-order valence-electron chi connectivity index (χ4n) is 3.22. The van der Waals surface area contributed by atoms with Gasteiger partial charge in [-0.15, -0.1) is 11.3 Å². The van der Waals surface area contributed by atoms with Gasteiger partial charge in [-0.05, 0) is 42.9 Å². The van der Waals surface area contributed by atoms with E-state index in [1.165, 1.54) is 22.5 Å². The molecule has 31 heavy (non-hydrogen) atoms. The summed E-state index contributed by atoms with van der Waals surface area (Å²) in [4.78, 5) is 14.8. The number of thiophene rings is 1. The fraction of sp³-hybridized carbons (Fsp3) is 0.167. The maximum atomic E-state index is 12.1. The molecule has 2 heterocycles. The summed E-state index contributed by atoms with van der Waals surface area (Å²) in [6.45, 7) is 1.19. The molecule has 4 aromatic rings. The Morgan fingerprint density at radius 3 is 2.26 bits per heavy atom. The van der Waals surface area contributed by atoms with Gasteiger partial charge in [0.2, 0.25) is 0 Å². The number of benzene rings is 2. The van der Waals surface area contributed by atoms with Crippen molar-refractivity contribution in [2.75, 3.05) is 14.1 Å². The first kappa shape index (κ1) is 21.3. The number of hydrogen-bond acceptors (Lipinski definition) is 5. The molecule has 1 amide bonds. The molecule has 4 rings (SSSR count). The maximum absolute atomic E-state index is 12.1. The normalized spacial score (nSPS) is 11.1. The molecule has 0 bridgehead atoms. The highest BCUT2D eigenvalue weighted by atomic mass is 35.5. The summed E-state index contributed by atoms with van der Waals surface area (Å²) in [7, 11) is 4.13. The van der Waals surface area contributed by atoms with E-state index in [1.807, 2.05) is 18.2 Å². The lowest BCUT2D eigenvalue weighted by molar-refractivity contribution is 0.0951. The largest absolute Gasteiger partial charge is 0.359 e. The van der Waals surface area contributed by atoms with Crippen LogP contribution in [0.2, 0.25) is 4.34 Å². The van der Waals surface area contributed by atoms with Crippen LogP contribution in [0, 0.1) is 0 Å². The highest BCUT2D eigenvalue weighted by molar-refractivity contribution is 7.17. The second-order valence-corrected chi connectivity index (χ2v) is 9.19. The van der Waals surface area contributed by atoms with E-state index in [0.29, 0.717) is 15.0 Å². The zero-order chi connectivity index (χ0) is 21.8. The third-order valence-electron chi connectivity index (χ3n) is 4.75. The minimum Gasteiger partial charge on any atom is -0.359 e. The first-order valence-corrected chi connectivity index (χ1v) is 11.0. The quantitative estimate of drug-likeness (QED) is 0.390. The van der Waals surface area contributed by atoms with Crippen molar-refractivity contribution in [2.45, 2.75) is 13.1 Å². The molecule has 0 saturated carbocycles. The third-order valence-corrected chi connectivity index (χ3v) is 5.98. The average molecular weight is 452 g/mol. The van der Waals surface area contributed by atoms with Gasteiger partial charge in [-0.2, -0.15) is 0 Å². The number of hydrogen-bond donors (Lipinski definition) is 1. The van der Waals surface area contributed by atoms with Gasteiger partial charge in [0.1, 0.15) is 5.69 Å². The lowest BCUT2D eigenvalue weighted by Crippen LogP contribution is -2.21. The average Bonchev–Trinajstić information content (AvgIpc) is 3.42. The van der Waals surface area contributed by atoms with Crippen LogP contribution in [-0.2, 0) is 13.1 Å². The molecule has 0 fully saturated rings. The summed E-state index contributed by atoms with van der Waals surface area (Å²) in [5.74, 6) is 0.405. The van der Waals surface area contributed by atoms with Crippen molar-refractivity contribution in [3.8, 4) is 22.4 Å². The van der Waals surface area contributed by atoms with E-state index >= 15 is 0 Å². The van der Waals surface area contributed by atoms with Crippen LogP contribution in [0.1, 0.15) is 21.0 Å². The van der Waals surface area contributed by atoms with Crippen molar-refractivity contribution in [3.05, 3.63) is 87.3 Å². The molecule has 0 saturated heterocycles. The van der Waals surface area contributed by atoms with Gasteiger partial charge in [-0.25, -0.2) is 0 Å². The highest BCUT2D eigenvalue weighted by Crippen LogP contribution is 2.25. The highest BCUT2D eigenvalue weighted by Gasteiger charge is 2.11. The van der Waals surface area contributed by atoms with E-state index in [4.69, 9.17) is 16.1 Å². The van der Waals surface area contributed by atoms with Gasteiger partial charge in [-0.3, -0.25) is 4.79 Å². The molecule has 0 unspecified atom stereocenters. The molecule has 158 valence electrons. The van der Waals surface area contributed by atoms with Crippen LogP contribution < -0.4 is 5.32 Å². The molecule has 0 aliphatic heterocycles. The third kappa shape index (κ3) is 5.41. The second kappa shape index (κ2) is 9.47. The lowest BCUT2D eigenvalue weighted by Gasteiger charge is -2.10. The lowest BCUT2D eigenvalue weighted by atomic mass is 10.0. The number of amides is 1. The monoisotopic (exact) mass is 451 g/mol. The van der Waals surface area contributed by atoms with E-state index in [9.17, 15) is 4.79 Å². The summed E-state index contributed by atoms with van der Waals surface area (Å²) in [6, 6.07) is 22.1. The molecule has 2 aromatic heterocycles. The predicted molar refractivity (Wildman–Crippen MR) is 125 cm³/mol. The van der Waals surface area contributed by atoms with Crippen LogP contribution in [0.15, 0.2) is 71.3 Å². The Hall–Kier alpha value is -2.93. The number of rotatable bonds is 7. The van der Waals surface area contributed by atoms with Gasteiger partial charge in [0.25, 0.3) is 5.91 Å². The van der Waals surface area contributed by atoms with Crippen molar-refractivity contribution in [1.29, 1.82) is 0 Å². The van der Waals surface area contributed by atoms with Crippen molar-refractivity contribution in [1.82, 2.24) is 15.4 Å². The van der Waals surface area contributed by atoms with E-state index in [2.05, 4.69) is 65.9 Å². The van der Waals surface area contributed by atoms with Crippen LogP contribution >= 0.6 is 22.9 Å². The van der Waals surface area contributed by atoms with Crippen molar-refractivity contribution in [2.24, 2.45) is 0 Å². The van der Waals surface area contributed by atoms with E-state index in [-0.39, 0.29) is 12.5 Å². The Balaban J connectivity index is 1.39. The standard InChI is InChI=1S/C24H22ClN3O2S/c1-28(2)15-16-3-5-17(6-4-16)18-7-9-19(10-8-18)21-13-20(30-27-21)14-26-24(29)22-11-12-23(25)31-22/h3-13H,14-15H2,1-2H3,(H,26,29). The summed E-state index contributed by atoms with van der Waals surface area (Å²) < 4.78 is 5.96. The van der Waals surface area contributed by atoms with Crippen LogP contribution in [0.25, 0.3) is 22.4 Å². The van der Waals surface area contributed by atoms with Gasteiger partial charge in [0, 0.05) is 18.2 Å². The van der Waals surface area contributed by atoms with Crippen LogP contribution in [-0.4, -0.2) is 30.1 Å². The molecule has 0 radical (unpaired) electrons. The van der Waals surface area contributed by atoms with Gasteiger partial charge >= 0.3 is 0 Å². The first-order chi connectivity index (χ1) is 15.0. The molecule has 1 N–H and O–H groups in total. The number of carbonyl (C=O) groups is 1. The Kier molecular flexibility index (Phi) is 6.51. The zero-order valence-corrected chi connectivity index (χ0v) is 18.8. The summed E-state index contributed by atoms with van der Waals surface area (Å²) >= 11 is 7.12. The van der Waals surface area contributed by atoms with E-state index in [1.54, 1.807) is 12.1 Å². The maximum Gasteiger partial charge on any atom is 0.261 e. The molecule has 2 aromatic carbocycles. The second-order valence-electron chi connectivity index (χ2n) is 7.48. The SMILES string of the molecule is CN(C)Cc1ccc(-c2ccc(-c3cc(CNC(=O)c4ccc(Cl)s4)on3)cc2)cc1. The molecule has 0 aliphatic carbocycles. The van der Waals surface area contributed by atoms with Crippen LogP contribution in [0.5, 0.6) is 0 Å². The summed E-state index contributed by atoms with van der Waals surface area (Å²) in [5, 5.41) is 6.95. The van der Waals surface area contributed by atoms with Crippen molar-refractivity contribution in [3.63, 3.8) is 0 Å². The molecular formula is C24H22ClN3O2S. The molecule has 5 nitrogen and oxygen atoms in total. The number of halogens is 1. The van der Waals surface area contributed by atoms with Gasteiger partial charge < -0.3 is 14.7 Å². The topological polar surface area (TPSA) is 58.4 Å². The Labute approximate surface area is 190 Å². The fourth-order valence-corrected chi connectivity index (χ4v) is 4.18. The smallest absolute Gasteiger partial charge is 0.261 e. The predicted octanol–water partition coefficient (Wildman–Crippen LogP) is 5.72. The van der Waals surface area contributed by atoms with Crippen LogP contribution in [0.4, 0.5) is 0 Å². The van der Waals surface area contributed by atoms with Crippen LogP contribution in [0.3, 0.4) is 0 Å². The minimum atomic E-state index is -0.184. The Morgan fingerprint density at radius 1 is 1.00 bits per heavy atom. The first-order valence-electron chi connectivity index (χ1n) is 9.81.